The summed E-state index contributed by atoms with van der Waals surface area (Å²) in [6, 6.07) is 25.9. The van der Waals surface area contributed by atoms with E-state index in [-0.39, 0.29) is 4.90 Å². The fourth-order valence-electron chi connectivity index (χ4n) is 5.58. The third kappa shape index (κ3) is 5.57. The first kappa shape index (κ1) is 28.0. The maximum atomic E-state index is 12.1. The van der Waals surface area contributed by atoms with Gasteiger partial charge in [-0.2, -0.15) is 13.0 Å². The molecule has 0 aliphatic carbocycles. The highest BCUT2D eigenvalue weighted by Crippen LogP contribution is 2.46. The number of ether oxygens (including phenoxy) is 1. The third-order valence-corrected chi connectivity index (χ3v) is 8.38. The summed E-state index contributed by atoms with van der Waals surface area (Å²) in [6.45, 7) is 2.13. The molecule has 0 saturated carbocycles. The van der Waals surface area contributed by atoms with E-state index < -0.39 is 21.5 Å². The van der Waals surface area contributed by atoms with Crippen molar-refractivity contribution in [3.8, 4) is 0 Å². The number of carbonyl (C=O) groups excluding carboxylic acids is 1. The van der Waals surface area contributed by atoms with Crippen LogP contribution in [0.1, 0.15) is 28.4 Å². The van der Waals surface area contributed by atoms with Crippen LogP contribution in [-0.4, -0.2) is 43.4 Å². The Bertz CT molecular complexity index is 1830. The summed E-state index contributed by atoms with van der Waals surface area (Å²) in [5, 5.41) is 4.87. The van der Waals surface area contributed by atoms with Crippen molar-refractivity contribution >= 4 is 43.9 Å². The second-order valence-electron chi connectivity index (χ2n) is 10.2. The number of anilines is 1. The Hall–Kier alpha value is -4.53. The number of fused-ring (bicyclic) bond motifs is 3. The largest absolute Gasteiger partial charge is 0.465 e. The predicted octanol–water partition coefficient (Wildman–Crippen LogP) is 6.28. The lowest BCUT2D eigenvalue weighted by Gasteiger charge is -2.24. The highest BCUT2D eigenvalue weighted by atomic mass is 32.2. The maximum absolute atomic E-state index is 12.1. The van der Waals surface area contributed by atoms with Gasteiger partial charge >= 0.3 is 5.97 Å². The van der Waals surface area contributed by atoms with E-state index in [9.17, 15) is 17.8 Å². The summed E-state index contributed by atoms with van der Waals surface area (Å²) in [6.07, 6.45) is 8.40. The van der Waals surface area contributed by atoms with Crippen molar-refractivity contribution in [1.29, 1.82) is 0 Å². The van der Waals surface area contributed by atoms with E-state index in [4.69, 9.17) is 4.74 Å². The molecule has 0 fully saturated rings. The van der Waals surface area contributed by atoms with Crippen molar-refractivity contribution < 1.29 is 27.1 Å². The summed E-state index contributed by atoms with van der Waals surface area (Å²) < 4.78 is 40.9. The van der Waals surface area contributed by atoms with Gasteiger partial charge in [-0.15, -0.1) is 0 Å². The first-order chi connectivity index (χ1) is 19.6. The number of allylic oxidation sites excluding steroid dienone is 3. The molecule has 0 amide bonds. The Morgan fingerprint density at radius 3 is 2.39 bits per heavy atom. The zero-order valence-electron chi connectivity index (χ0n) is 23.0. The first-order valence-electron chi connectivity index (χ1n) is 13.1. The molecule has 41 heavy (non-hydrogen) atoms. The van der Waals surface area contributed by atoms with E-state index in [1.54, 1.807) is 24.3 Å². The van der Waals surface area contributed by atoms with E-state index >= 15 is 0 Å². The zero-order chi connectivity index (χ0) is 29.2. The molecule has 1 atom stereocenters. The molecular weight excluding hydrogens is 536 g/mol. The summed E-state index contributed by atoms with van der Waals surface area (Å²) in [5.41, 5.74) is 4.79. The SMILES string of the molecule is COC(=O)c1ccc(CC2(C)C(/C=C/C=C/Nc3ccccc3)=[N+](C)c3ccc4ccc(S(=O)(=O)O)cc4c32)cc1. The molecule has 1 aliphatic rings. The fourth-order valence-corrected chi connectivity index (χ4v) is 6.08. The Morgan fingerprint density at radius 2 is 1.71 bits per heavy atom. The Labute approximate surface area is 239 Å². The number of esters is 1. The molecule has 1 aliphatic heterocycles. The van der Waals surface area contributed by atoms with Gasteiger partial charge < -0.3 is 10.1 Å². The number of rotatable bonds is 8. The summed E-state index contributed by atoms with van der Waals surface area (Å²) in [7, 11) is -1.04. The Morgan fingerprint density at radius 1 is 1.00 bits per heavy atom. The summed E-state index contributed by atoms with van der Waals surface area (Å²) >= 11 is 0. The van der Waals surface area contributed by atoms with Crippen molar-refractivity contribution in [1.82, 2.24) is 0 Å². The van der Waals surface area contributed by atoms with Crippen molar-refractivity contribution in [2.24, 2.45) is 0 Å². The smallest absolute Gasteiger partial charge is 0.337 e. The van der Waals surface area contributed by atoms with E-state index in [1.165, 1.54) is 13.2 Å². The summed E-state index contributed by atoms with van der Waals surface area (Å²) in [4.78, 5) is 11.8. The van der Waals surface area contributed by atoms with Crippen LogP contribution >= 0.6 is 0 Å². The number of methoxy groups -OCH3 is 1. The number of carbonyl (C=O) groups is 1. The number of nitrogens with one attached hydrogen (secondary N) is 1. The van der Waals surface area contributed by atoms with E-state index in [2.05, 4.69) is 22.9 Å². The average Bonchev–Trinajstić information content (AvgIpc) is 3.18. The highest BCUT2D eigenvalue weighted by Gasteiger charge is 2.47. The van der Waals surface area contributed by atoms with Crippen LogP contribution in [0.15, 0.2) is 114 Å². The van der Waals surface area contributed by atoms with E-state index in [1.807, 2.05) is 80.0 Å². The molecule has 1 unspecified atom stereocenters. The molecule has 4 aromatic rings. The van der Waals surface area contributed by atoms with Crippen LogP contribution in [0.3, 0.4) is 0 Å². The first-order valence-corrected chi connectivity index (χ1v) is 14.5. The van der Waals surface area contributed by atoms with Crippen LogP contribution in [0, 0.1) is 0 Å². The van der Waals surface area contributed by atoms with Gasteiger partial charge in [0.25, 0.3) is 10.1 Å². The van der Waals surface area contributed by atoms with Crippen molar-refractivity contribution in [2.45, 2.75) is 23.7 Å². The zero-order valence-corrected chi connectivity index (χ0v) is 23.9. The monoisotopic (exact) mass is 567 g/mol. The maximum Gasteiger partial charge on any atom is 0.337 e. The van der Waals surface area contributed by atoms with Crippen LogP contribution in [0.2, 0.25) is 0 Å². The molecule has 208 valence electrons. The molecule has 0 radical (unpaired) electrons. The van der Waals surface area contributed by atoms with Crippen molar-refractivity contribution in [3.05, 3.63) is 126 Å². The van der Waals surface area contributed by atoms with E-state index in [0.717, 1.165) is 39.0 Å². The van der Waals surface area contributed by atoms with Crippen LogP contribution in [0.25, 0.3) is 10.8 Å². The number of nitrogens with zero attached hydrogens (tertiary/aromatic N) is 1. The molecule has 1 heterocycles. The molecule has 4 aromatic carbocycles. The Kier molecular flexibility index (Phi) is 7.62. The van der Waals surface area contributed by atoms with Gasteiger partial charge in [0.2, 0.25) is 5.69 Å². The number of benzene rings is 4. The molecule has 0 saturated heterocycles. The lowest BCUT2D eigenvalue weighted by atomic mass is 9.73. The van der Waals surface area contributed by atoms with Gasteiger partial charge in [0.15, 0.2) is 5.71 Å². The lowest BCUT2D eigenvalue weighted by molar-refractivity contribution is -0.401. The Balaban J connectivity index is 1.59. The highest BCUT2D eigenvalue weighted by molar-refractivity contribution is 7.85. The van der Waals surface area contributed by atoms with Gasteiger partial charge in [-0.3, -0.25) is 4.55 Å². The standard InChI is InChI=1S/C33H30N2O5S/c1-33(22-23-12-14-25(15-13-23)32(36)40-3)30(11-7-8-20-34-26-9-5-4-6-10-26)35(2)29-19-17-24-16-18-27(41(37,38)39)21-28(24)31(29)33/h4-21H,22H2,1-3H3,(H,37,38,39)/p+1. The molecule has 0 spiro atoms. The molecule has 8 heteroatoms. The molecular formula is C33H31N2O5S+. The average molecular weight is 568 g/mol. The van der Waals surface area contributed by atoms with Gasteiger partial charge in [-0.1, -0.05) is 42.5 Å². The quantitative estimate of drug-likeness (QED) is 0.113. The second kappa shape index (κ2) is 11.2. The van der Waals surface area contributed by atoms with Crippen LogP contribution < -0.4 is 5.32 Å². The summed E-state index contributed by atoms with van der Waals surface area (Å²) in [5.74, 6) is -0.400. The predicted molar refractivity (Wildman–Crippen MR) is 162 cm³/mol. The number of hydrogen-bond donors (Lipinski definition) is 2. The molecule has 0 bridgehead atoms. The topological polar surface area (TPSA) is 95.7 Å². The van der Waals surface area contributed by atoms with Crippen molar-refractivity contribution in [2.75, 3.05) is 19.5 Å². The van der Waals surface area contributed by atoms with Gasteiger partial charge in [0.05, 0.1) is 23.0 Å². The fraction of sp³-hybridized carbons (Fsp3) is 0.152. The van der Waals surface area contributed by atoms with Gasteiger partial charge in [-0.25, -0.2) is 4.79 Å². The lowest BCUT2D eigenvalue weighted by Crippen LogP contribution is -2.33. The van der Waals surface area contributed by atoms with Crippen LogP contribution in [0.5, 0.6) is 0 Å². The normalized spacial score (nSPS) is 17.0. The minimum absolute atomic E-state index is 0.148. The van der Waals surface area contributed by atoms with E-state index in [0.29, 0.717) is 12.0 Å². The van der Waals surface area contributed by atoms with Crippen molar-refractivity contribution in [3.63, 3.8) is 0 Å². The minimum atomic E-state index is -4.39. The van der Waals surface area contributed by atoms with Crippen LogP contribution in [0.4, 0.5) is 11.4 Å². The van der Waals surface area contributed by atoms with Crippen LogP contribution in [-0.2, 0) is 26.7 Å². The minimum Gasteiger partial charge on any atom is -0.465 e. The molecule has 2 N–H and O–H groups in total. The number of hydrogen-bond acceptors (Lipinski definition) is 5. The molecule has 0 aromatic heterocycles. The van der Waals surface area contributed by atoms with Gasteiger partial charge in [-0.05, 0) is 78.2 Å². The molecule has 7 nitrogen and oxygen atoms in total. The molecule has 5 rings (SSSR count). The second-order valence-corrected chi connectivity index (χ2v) is 11.6. The third-order valence-electron chi connectivity index (χ3n) is 7.53. The number of para-hydroxylation sites is 1. The van der Waals surface area contributed by atoms with Gasteiger partial charge in [0.1, 0.15) is 7.05 Å². The van der Waals surface area contributed by atoms with Gasteiger partial charge in [0, 0.05) is 29.6 Å².